The van der Waals surface area contributed by atoms with Crippen LogP contribution >= 0.6 is 11.6 Å². The zero-order chi connectivity index (χ0) is 16.0. The van der Waals surface area contributed by atoms with E-state index in [2.05, 4.69) is 4.72 Å². The molecule has 0 aliphatic rings. The molecule has 0 amide bonds. The summed E-state index contributed by atoms with van der Waals surface area (Å²) in [6, 6.07) is 12.3. The van der Waals surface area contributed by atoms with Crippen LogP contribution in [0, 0.1) is 5.82 Å². The zero-order valence-corrected chi connectivity index (χ0v) is 13.2. The average Bonchev–Trinajstić information content (AvgIpc) is 2.49. The van der Waals surface area contributed by atoms with Crippen LogP contribution in [0.1, 0.15) is 5.56 Å². The lowest BCUT2D eigenvalue weighted by Gasteiger charge is -2.08. The van der Waals surface area contributed by atoms with Gasteiger partial charge in [-0.25, -0.2) is 17.5 Å². The van der Waals surface area contributed by atoms with Crippen molar-refractivity contribution in [1.82, 2.24) is 4.72 Å². The summed E-state index contributed by atoms with van der Waals surface area (Å²) in [5.74, 6) is -0.128. The van der Waals surface area contributed by atoms with Crippen molar-refractivity contribution in [1.29, 1.82) is 0 Å². The van der Waals surface area contributed by atoms with Gasteiger partial charge in [-0.05, 0) is 42.0 Å². The van der Waals surface area contributed by atoms with E-state index in [0.717, 1.165) is 5.56 Å². The number of hydrogen-bond acceptors (Lipinski definition) is 3. The Morgan fingerprint density at radius 1 is 1.05 bits per heavy atom. The number of sulfonamides is 1. The molecule has 7 heteroatoms. The molecule has 0 unspecified atom stereocenters. The monoisotopic (exact) mass is 343 g/mol. The first kappa shape index (κ1) is 16.7. The van der Waals surface area contributed by atoms with Gasteiger partial charge in [0.15, 0.2) is 0 Å². The van der Waals surface area contributed by atoms with Crippen LogP contribution < -0.4 is 9.46 Å². The maximum atomic E-state index is 12.7. The molecule has 0 radical (unpaired) electrons. The molecule has 4 nitrogen and oxygen atoms in total. The minimum atomic E-state index is -3.45. The van der Waals surface area contributed by atoms with Crippen molar-refractivity contribution < 1.29 is 17.5 Å². The van der Waals surface area contributed by atoms with E-state index in [-0.39, 0.29) is 24.7 Å². The number of nitrogens with one attached hydrogen (secondary N) is 1. The highest BCUT2D eigenvalue weighted by molar-refractivity contribution is 7.89. The summed E-state index contributed by atoms with van der Waals surface area (Å²) in [6.07, 6.45) is 0. The smallest absolute Gasteiger partial charge is 0.215 e. The van der Waals surface area contributed by atoms with Gasteiger partial charge < -0.3 is 4.74 Å². The van der Waals surface area contributed by atoms with E-state index in [0.29, 0.717) is 10.8 Å². The van der Waals surface area contributed by atoms with E-state index in [4.69, 9.17) is 16.3 Å². The first-order valence-corrected chi connectivity index (χ1v) is 8.58. The fourth-order valence-electron chi connectivity index (χ4n) is 1.67. The third kappa shape index (κ3) is 5.63. The van der Waals surface area contributed by atoms with E-state index >= 15 is 0 Å². The first-order chi connectivity index (χ1) is 10.4. The van der Waals surface area contributed by atoms with Crippen molar-refractivity contribution in [2.45, 2.75) is 6.54 Å². The molecule has 1 N–H and O–H groups in total. The summed E-state index contributed by atoms with van der Waals surface area (Å²) in [5.41, 5.74) is 0.812. The number of hydrogen-bond donors (Lipinski definition) is 1. The Morgan fingerprint density at radius 2 is 1.68 bits per heavy atom. The van der Waals surface area contributed by atoms with Crippen molar-refractivity contribution in [2.75, 3.05) is 12.4 Å². The van der Waals surface area contributed by atoms with Crippen molar-refractivity contribution >= 4 is 21.6 Å². The van der Waals surface area contributed by atoms with Gasteiger partial charge in [0, 0.05) is 11.6 Å². The predicted molar refractivity (Wildman–Crippen MR) is 84.0 cm³/mol. The lowest BCUT2D eigenvalue weighted by Crippen LogP contribution is -2.28. The van der Waals surface area contributed by atoms with E-state index in [9.17, 15) is 12.8 Å². The Bertz CT molecular complexity index is 703. The Hall–Kier alpha value is -1.63. The highest BCUT2D eigenvalue weighted by Gasteiger charge is 2.10. The molecular formula is C15H15ClFNO3S. The summed E-state index contributed by atoms with van der Waals surface area (Å²) in [7, 11) is -3.45. The van der Waals surface area contributed by atoms with Crippen LogP contribution in [0.3, 0.4) is 0 Å². The number of halogens is 2. The van der Waals surface area contributed by atoms with Crippen LogP contribution in [0.15, 0.2) is 48.5 Å². The number of ether oxygens (including phenoxy) is 1. The molecule has 0 heterocycles. The fourth-order valence-corrected chi connectivity index (χ4v) is 2.63. The topological polar surface area (TPSA) is 55.4 Å². The van der Waals surface area contributed by atoms with E-state index < -0.39 is 10.0 Å². The van der Waals surface area contributed by atoms with Gasteiger partial charge in [-0.1, -0.05) is 23.7 Å². The van der Waals surface area contributed by atoms with Gasteiger partial charge in [0.2, 0.25) is 10.0 Å². The van der Waals surface area contributed by atoms with Gasteiger partial charge in [-0.2, -0.15) is 0 Å². The van der Waals surface area contributed by atoms with Crippen LogP contribution in [0.2, 0.25) is 5.02 Å². The molecular weight excluding hydrogens is 329 g/mol. The maximum Gasteiger partial charge on any atom is 0.215 e. The molecule has 0 aliphatic carbocycles. The standard InChI is InChI=1S/C15H15ClFNO3S/c16-13-3-1-12(2-4-13)11-18-22(19,20)10-9-21-15-7-5-14(17)6-8-15/h1-8,18H,9-11H2. The second-order valence-corrected chi connectivity index (χ2v) is 6.93. The summed E-state index contributed by atoms with van der Waals surface area (Å²) in [5, 5.41) is 0.597. The summed E-state index contributed by atoms with van der Waals surface area (Å²) in [6.45, 7) is 0.178. The van der Waals surface area contributed by atoms with Gasteiger partial charge in [0.05, 0.1) is 5.75 Å². The second kappa shape index (κ2) is 7.58. The number of benzene rings is 2. The number of rotatable bonds is 7. The van der Waals surface area contributed by atoms with E-state index in [1.807, 2.05) is 0 Å². The minimum Gasteiger partial charge on any atom is -0.492 e. The molecule has 0 saturated heterocycles. The predicted octanol–water partition coefficient (Wildman–Crippen LogP) is 2.98. The summed E-state index contributed by atoms with van der Waals surface area (Å²) >= 11 is 5.76. The Balaban J connectivity index is 1.78. The highest BCUT2D eigenvalue weighted by Crippen LogP contribution is 2.11. The molecule has 0 aromatic heterocycles. The zero-order valence-electron chi connectivity index (χ0n) is 11.6. The molecule has 0 saturated carbocycles. The van der Waals surface area contributed by atoms with Crippen LogP contribution in [0.25, 0.3) is 0 Å². The van der Waals surface area contributed by atoms with Gasteiger partial charge in [-0.15, -0.1) is 0 Å². The van der Waals surface area contributed by atoms with E-state index in [1.54, 1.807) is 24.3 Å². The highest BCUT2D eigenvalue weighted by atomic mass is 35.5. The minimum absolute atomic E-state index is 0.0123. The molecule has 0 spiro atoms. The summed E-state index contributed by atoms with van der Waals surface area (Å²) in [4.78, 5) is 0. The second-order valence-electron chi connectivity index (χ2n) is 4.57. The third-order valence-electron chi connectivity index (χ3n) is 2.84. The molecule has 0 aliphatic heterocycles. The first-order valence-electron chi connectivity index (χ1n) is 6.55. The fraction of sp³-hybridized carbons (Fsp3) is 0.200. The molecule has 118 valence electrons. The van der Waals surface area contributed by atoms with Crippen molar-refractivity contribution in [3.8, 4) is 5.75 Å². The van der Waals surface area contributed by atoms with Crippen LogP contribution in [0.4, 0.5) is 4.39 Å². The van der Waals surface area contributed by atoms with Crippen molar-refractivity contribution in [2.24, 2.45) is 0 Å². The molecule has 2 aromatic carbocycles. The lowest BCUT2D eigenvalue weighted by atomic mass is 10.2. The van der Waals surface area contributed by atoms with Crippen LogP contribution in [-0.4, -0.2) is 20.8 Å². The normalized spacial score (nSPS) is 11.4. The Labute approximate surface area is 133 Å². The SMILES string of the molecule is O=S(=O)(CCOc1ccc(F)cc1)NCc1ccc(Cl)cc1. The van der Waals surface area contributed by atoms with Gasteiger partial charge in [0.25, 0.3) is 0 Å². The molecule has 0 bridgehead atoms. The largest absolute Gasteiger partial charge is 0.492 e. The van der Waals surface area contributed by atoms with Crippen molar-refractivity contribution in [3.05, 3.63) is 64.9 Å². The van der Waals surface area contributed by atoms with Gasteiger partial charge >= 0.3 is 0 Å². The van der Waals surface area contributed by atoms with Gasteiger partial charge in [-0.3, -0.25) is 0 Å². The van der Waals surface area contributed by atoms with Crippen molar-refractivity contribution in [3.63, 3.8) is 0 Å². The Morgan fingerprint density at radius 3 is 2.32 bits per heavy atom. The van der Waals surface area contributed by atoms with Gasteiger partial charge in [0.1, 0.15) is 18.2 Å². The maximum absolute atomic E-state index is 12.7. The van der Waals surface area contributed by atoms with Crippen LogP contribution in [0.5, 0.6) is 5.75 Å². The molecule has 2 rings (SSSR count). The molecule has 2 aromatic rings. The Kier molecular flexibility index (Phi) is 5.76. The summed E-state index contributed by atoms with van der Waals surface area (Å²) < 4.78 is 44.1. The van der Waals surface area contributed by atoms with E-state index in [1.165, 1.54) is 24.3 Å². The molecule has 22 heavy (non-hydrogen) atoms. The molecule has 0 fully saturated rings. The quantitative estimate of drug-likeness (QED) is 0.841. The van der Waals surface area contributed by atoms with Crippen LogP contribution in [-0.2, 0) is 16.6 Å². The molecule has 0 atom stereocenters. The lowest BCUT2D eigenvalue weighted by molar-refractivity contribution is 0.339. The third-order valence-corrected chi connectivity index (χ3v) is 4.38. The average molecular weight is 344 g/mol.